The van der Waals surface area contributed by atoms with Gasteiger partial charge in [-0.2, -0.15) is 0 Å². The van der Waals surface area contributed by atoms with Crippen molar-refractivity contribution in [2.45, 2.75) is 59.0 Å². The second-order valence-electron chi connectivity index (χ2n) is 8.55. The van der Waals surface area contributed by atoms with Crippen LogP contribution in [0.3, 0.4) is 0 Å². The summed E-state index contributed by atoms with van der Waals surface area (Å²) in [6.07, 6.45) is 2.70. The summed E-state index contributed by atoms with van der Waals surface area (Å²) in [5.41, 5.74) is 0.650. The molecule has 0 radical (unpaired) electrons. The lowest BCUT2D eigenvalue weighted by molar-refractivity contribution is -0.127. The summed E-state index contributed by atoms with van der Waals surface area (Å²) in [5, 5.41) is 13.3. The van der Waals surface area contributed by atoms with Crippen molar-refractivity contribution in [2.24, 2.45) is 11.3 Å². The van der Waals surface area contributed by atoms with Crippen LogP contribution in [0, 0.1) is 11.3 Å². The Morgan fingerprint density at radius 2 is 1.90 bits per heavy atom. The molecule has 0 bridgehead atoms. The summed E-state index contributed by atoms with van der Waals surface area (Å²) in [6, 6.07) is 9.95. The normalized spacial score (nSPS) is 19.4. The highest BCUT2D eigenvalue weighted by Gasteiger charge is 2.34. The van der Waals surface area contributed by atoms with E-state index in [1.54, 1.807) is 6.92 Å². The van der Waals surface area contributed by atoms with E-state index in [1.807, 2.05) is 44.2 Å². The van der Waals surface area contributed by atoms with Gasteiger partial charge in [-0.05, 0) is 38.2 Å². The SMILES string of the molecule is CCCCS(=O)(=O)N1CCC(C(=O)NC[C@](C)(Cc2ccccc2)[C@@H](C)O)CC1. The molecule has 0 unspecified atom stereocenters. The molecule has 1 fully saturated rings. The Morgan fingerprint density at radius 3 is 2.45 bits per heavy atom. The van der Waals surface area contributed by atoms with Gasteiger partial charge in [-0.3, -0.25) is 4.79 Å². The van der Waals surface area contributed by atoms with E-state index in [2.05, 4.69) is 5.32 Å². The first-order valence-corrected chi connectivity index (χ1v) is 12.3. The van der Waals surface area contributed by atoms with Gasteiger partial charge < -0.3 is 10.4 Å². The summed E-state index contributed by atoms with van der Waals surface area (Å²) in [7, 11) is -3.21. The van der Waals surface area contributed by atoms with Crippen molar-refractivity contribution in [2.75, 3.05) is 25.4 Å². The fourth-order valence-corrected chi connectivity index (χ4v) is 5.38. The Bertz CT molecular complexity index is 743. The number of sulfonamides is 1. The number of unbranched alkanes of at least 4 members (excludes halogenated alkanes) is 1. The molecule has 7 heteroatoms. The van der Waals surface area contributed by atoms with Crippen molar-refractivity contribution in [1.82, 2.24) is 9.62 Å². The molecule has 1 aromatic carbocycles. The molecule has 1 aliphatic rings. The van der Waals surface area contributed by atoms with E-state index in [4.69, 9.17) is 0 Å². The molecule has 1 aromatic rings. The quantitative estimate of drug-likeness (QED) is 0.604. The monoisotopic (exact) mass is 424 g/mol. The molecular formula is C22H36N2O4S. The minimum absolute atomic E-state index is 0.0458. The zero-order chi connectivity index (χ0) is 21.5. The largest absolute Gasteiger partial charge is 0.393 e. The summed E-state index contributed by atoms with van der Waals surface area (Å²) < 4.78 is 26.2. The van der Waals surface area contributed by atoms with Crippen molar-refractivity contribution >= 4 is 15.9 Å². The van der Waals surface area contributed by atoms with Gasteiger partial charge in [-0.25, -0.2) is 12.7 Å². The van der Waals surface area contributed by atoms with Crippen molar-refractivity contribution in [3.63, 3.8) is 0 Å². The molecule has 1 saturated heterocycles. The molecule has 1 heterocycles. The third-order valence-corrected chi connectivity index (χ3v) is 8.06. The van der Waals surface area contributed by atoms with E-state index in [0.29, 0.717) is 45.3 Å². The number of hydrogen-bond acceptors (Lipinski definition) is 4. The third kappa shape index (κ3) is 6.79. The van der Waals surface area contributed by atoms with Crippen LogP contribution in [0.1, 0.15) is 52.0 Å². The maximum atomic E-state index is 12.7. The van der Waals surface area contributed by atoms with Crippen LogP contribution in [-0.2, 0) is 21.2 Å². The zero-order valence-electron chi connectivity index (χ0n) is 17.9. The van der Waals surface area contributed by atoms with Crippen LogP contribution in [0.15, 0.2) is 30.3 Å². The number of rotatable bonds is 10. The standard InChI is InChI=1S/C22H36N2O4S/c1-4-5-15-29(27,28)24-13-11-20(12-14-24)21(26)23-17-22(3,18(2)25)16-19-9-7-6-8-10-19/h6-10,18,20,25H,4-5,11-17H2,1-3H3,(H,23,26)/t18-,22+/m1/s1. The van der Waals surface area contributed by atoms with E-state index < -0.39 is 21.5 Å². The highest BCUT2D eigenvalue weighted by molar-refractivity contribution is 7.89. The van der Waals surface area contributed by atoms with Crippen molar-refractivity contribution < 1.29 is 18.3 Å². The number of carbonyl (C=O) groups is 1. The van der Waals surface area contributed by atoms with Crippen LogP contribution in [0.25, 0.3) is 0 Å². The third-order valence-electron chi connectivity index (χ3n) is 6.10. The second kappa shape index (κ2) is 10.5. The lowest BCUT2D eigenvalue weighted by Gasteiger charge is -2.35. The Hall–Kier alpha value is -1.44. The molecular weight excluding hydrogens is 388 g/mol. The highest BCUT2D eigenvalue weighted by atomic mass is 32.2. The topological polar surface area (TPSA) is 86.7 Å². The highest BCUT2D eigenvalue weighted by Crippen LogP contribution is 2.27. The molecule has 0 spiro atoms. The number of piperidine rings is 1. The number of aliphatic hydroxyl groups excluding tert-OH is 1. The summed E-state index contributed by atoms with van der Waals surface area (Å²) >= 11 is 0. The molecule has 6 nitrogen and oxygen atoms in total. The first-order valence-electron chi connectivity index (χ1n) is 10.7. The Kier molecular flexibility index (Phi) is 8.67. The molecule has 29 heavy (non-hydrogen) atoms. The number of hydrogen-bond donors (Lipinski definition) is 2. The smallest absolute Gasteiger partial charge is 0.223 e. The molecule has 2 atom stereocenters. The van der Waals surface area contributed by atoms with Crippen molar-refractivity contribution in [3.05, 3.63) is 35.9 Å². The first-order chi connectivity index (χ1) is 13.7. The lowest BCUT2D eigenvalue weighted by Crippen LogP contribution is -2.48. The molecule has 0 aliphatic carbocycles. The fraction of sp³-hybridized carbons (Fsp3) is 0.682. The van der Waals surface area contributed by atoms with E-state index in [0.717, 1.165) is 12.0 Å². The average Bonchev–Trinajstić information content (AvgIpc) is 2.71. The Morgan fingerprint density at radius 1 is 1.28 bits per heavy atom. The van der Waals surface area contributed by atoms with Gasteiger partial charge in [0, 0.05) is 31.0 Å². The summed E-state index contributed by atoms with van der Waals surface area (Å²) in [5.74, 6) is -0.0368. The van der Waals surface area contributed by atoms with Gasteiger partial charge in [-0.1, -0.05) is 50.6 Å². The fourth-order valence-electron chi connectivity index (χ4n) is 3.71. The molecule has 2 rings (SSSR count). The van der Waals surface area contributed by atoms with Crippen molar-refractivity contribution in [1.29, 1.82) is 0 Å². The van der Waals surface area contributed by atoms with Crippen LogP contribution in [0.2, 0.25) is 0 Å². The van der Waals surface area contributed by atoms with Gasteiger partial charge in [0.15, 0.2) is 0 Å². The molecule has 2 N–H and O–H groups in total. The number of nitrogens with one attached hydrogen (secondary N) is 1. The second-order valence-corrected chi connectivity index (χ2v) is 10.6. The predicted molar refractivity (Wildman–Crippen MR) is 116 cm³/mol. The zero-order valence-corrected chi connectivity index (χ0v) is 18.7. The van der Waals surface area contributed by atoms with E-state index >= 15 is 0 Å². The molecule has 1 amide bonds. The van der Waals surface area contributed by atoms with Crippen LogP contribution in [0.5, 0.6) is 0 Å². The minimum Gasteiger partial charge on any atom is -0.393 e. The van der Waals surface area contributed by atoms with E-state index in [1.165, 1.54) is 4.31 Å². The molecule has 164 valence electrons. The van der Waals surface area contributed by atoms with Crippen LogP contribution >= 0.6 is 0 Å². The molecule has 0 aromatic heterocycles. The minimum atomic E-state index is -3.21. The van der Waals surface area contributed by atoms with Gasteiger partial charge >= 0.3 is 0 Å². The first kappa shape index (κ1) is 23.8. The molecule has 1 aliphatic heterocycles. The number of amides is 1. The lowest BCUT2D eigenvalue weighted by atomic mass is 9.79. The predicted octanol–water partition coefficient (Wildman–Crippen LogP) is 2.57. The summed E-state index contributed by atoms with van der Waals surface area (Å²) in [6.45, 7) is 6.91. The summed E-state index contributed by atoms with van der Waals surface area (Å²) in [4.78, 5) is 12.7. The number of carbonyl (C=O) groups excluding carboxylic acids is 1. The van der Waals surface area contributed by atoms with E-state index in [-0.39, 0.29) is 17.6 Å². The maximum absolute atomic E-state index is 12.7. The van der Waals surface area contributed by atoms with Crippen LogP contribution < -0.4 is 5.32 Å². The number of benzene rings is 1. The van der Waals surface area contributed by atoms with Gasteiger partial charge in [0.25, 0.3) is 0 Å². The Balaban J connectivity index is 1.88. The van der Waals surface area contributed by atoms with Gasteiger partial charge in [0.1, 0.15) is 0 Å². The number of aliphatic hydroxyl groups is 1. The van der Waals surface area contributed by atoms with Crippen LogP contribution in [0.4, 0.5) is 0 Å². The van der Waals surface area contributed by atoms with Gasteiger partial charge in [0.05, 0.1) is 11.9 Å². The van der Waals surface area contributed by atoms with E-state index in [9.17, 15) is 18.3 Å². The molecule has 0 saturated carbocycles. The number of nitrogens with zero attached hydrogens (tertiary/aromatic N) is 1. The maximum Gasteiger partial charge on any atom is 0.223 e. The van der Waals surface area contributed by atoms with Crippen LogP contribution in [-0.4, -0.2) is 55.2 Å². The van der Waals surface area contributed by atoms with Gasteiger partial charge in [-0.15, -0.1) is 0 Å². The van der Waals surface area contributed by atoms with Crippen molar-refractivity contribution in [3.8, 4) is 0 Å². The van der Waals surface area contributed by atoms with Gasteiger partial charge in [0.2, 0.25) is 15.9 Å². The average molecular weight is 425 g/mol. The Labute approximate surface area is 175 Å².